The minimum absolute atomic E-state index is 0.173. The zero-order valence-corrected chi connectivity index (χ0v) is 18.6. The van der Waals surface area contributed by atoms with Crippen molar-refractivity contribution in [3.8, 4) is 17.2 Å². The molecule has 5 nitrogen and oxygen atoms in total. The van der Waals surface area contributed by atoms with Crippen molar-refractivity contribution in [1.29, 1.82) is 5.26 Å². The molecule has 0 unspecified atom stereocenters. The Morgan fingerprint density at radius 1 is 1.19 bits per heavy atom. The first-order chi connectivity index (χ1) is 14.9. The third-order valence-corrected chi connectivity index (χ3v) is 5.67. The topological polar surface area (TPSA) is 79.2 Å². The quantitative estimate of drug-likeness (QED) is 0.255. The smallest absolute Gasteiger partial charge is 0.341 e. The molecule has 0 fully saturated rings. The normalized spacial score (nSPS) is 11.0. The lowest BCUT2D eigenvalue weighted by Crippen LogP contribution is -2.16. The average molecular weight is 471 g/mol. The molecule has 1 aromatic heterocycles. The van der Waals surface area contributed by atoms with Gasteiger partial charge >= 0.3 is 5.97 Å². The van der Waals surface area contributed by atoms with Gasteiger partial charge in [0.05, 0.1) is 6.61 Å². The molecule has 156 valence electrons. The zero-order chi connectivity index (χ0) is 22.4. The second-order valence-corrected chi connectivity index (χ2v) is 7.95. The third kappa shape index (κ3) is 5.33. The molecule has 0 bridgehead atoms. The Balaban J connectivity index is 1.96. The van der Waals surface area contributed by atoms with Gasteiger partial charge in [-0.1, -0.05) is 59.6 Å². The number of carbonyl (C=O) groups excluding carboxylic acids is 2. The van der Waals surface area contributed by atoms with Gasteiger partial charge in [0.15, 0.2) is 0 Å². The molecule has 8 heteroatoms. The first kappa shape index (κ1) is 22.6. The van der Waals surface area contributed by atoms with Crippen LogP contribution in [0.15, 0.2) is 59.5 Å². The van der Waals surface area contributed by atoms with Crippen LogP contribution in [0, 0.1) is 11.3 Å². The number of hydrogen-bond donors (Lipinski definition) is 1. The molecule has 3 aromatic rings. The van der Waals surface area contributed by atoms with Gasteiger partial charge in [0.1, 0.15) is 22.2 Å². The fourth-order valence-electron chi connectivity index (χ4n) is 2.78. The fourth-order valence-corrected chi connectivity index (χ4v) is 4.19. The van der Waals surface area contributed by atoms with Gasteiger partial charge in [-0.3, -0.25) is 4.79 Å². The van der Waals surface area contributed by atoms with Gasteiger partial charge < -0.3 is 10.1 Å². The summed E-state index contributed by atoms with van der Waals surface area (Å²) in [5.74, 6) is -1.22. The van der Waals surface area contributed by atoms with Crippen LogP contribution in [0.5, 0.6) is 0 Å². The Morgan fingerprint density at radius 3 is 2.58 bits per heavy atom. The van der Waals surface area contributed by atoms with Gasteiger partial charge in [-0.05, 0) is 36.3 Å². The number of nitriles is 1. The highest BCUT2D eigenvalue weighted by atomic mass is 35.5. The van der Waals surface area contributed by atoms with Crippen molar-refractivity contribution in [3.63, 3.8) is 0 Å². The molecule has 1 N–H and O–H groups in total. The van der Waals surface area contributed by atoms with E-state index >= 15 is 0 Å². The molecule has 0 saturated carbocycles. The lowest BCUT2D eigenvalue weighted by Gasteiger charge is -2.09. The number of esters is 1. The summed E-state index contributed by atoms with van der Waals surface area (Å²) in [4.78, 5) is 25.4. The molecular weight excluding hydrogens is 455 g/mol. The number of benzene rings is 2. The van der Waals surface area contributed by atoms with Crippen LogP contribution in [0.1, 0.15) is 22.8 Å². The summed E-state index contributed by atoms with van der Waals surface area (Å²) in [5.41, 5.74) is 2.00. The molecule has 1 amide bonds. The second kappa shape index (κ2) is 10.3. The van der Waals surface area contributed by atoms with Gasteiger partial charge in [0.25, 0.3) is 5.91 Å². The lowest BCUT2D eigenvalue weighted by atomic mass is 10.0. The fraction of sp³-hybridized carbons (Fsp3) is 0.0870. The standard InChI is InChI=1S/C23H16Cl2N2O3S/c1-2-30-23(29)20-18(14-6-4-3-5-7-14)13-31-22(20)27-21(28)16(12-26)10-15-8-9-17(24)11-19(15)25/h3-11,13H,2H2,1H3,(H,27,28)/b16-10+. The summed E-state index contributed by atoms with van der Waals surface area (Å²) in [6, 6.07) is 15.9. The van der Waals surface area contributed by atoms with E-state index in [-0.39, 0.29) is 17.7 Å². The minimum Gasteiger partial charge on any atom is -0.462 e. The minimum atomic E-state index is -0.666. The van der Waals surface area contributed by atoms with Crippen molar-refractivity contribution in [2.45, 2.75) is 6.92 Å². The highest BCUT2D eigenvalue weighted by Gasteiger charge is 2.23. The van der Waals surface area contributed by atoms with Crippen molar-refractivity contribution < 1.29 is 14.3 Å². The molecule has 31 heavy (non-hydrogen) atoms. The van der Waals surface area contributed by atoms with Crippen molar-refractivity contribution in [3.05, 3.63) is 80.7 Å². The van der Waals surface area contributed by atoms with Crippen LogP contribution < -0.4 is 5.32 Å². The van der Waals surface area contributed by atoms with E-state index in [4.69, 9.17) is 27.9 Å². The Labute approximate surface area is 193 Å². The largest absolute Gasteiger partial charge is 0.462 e. The maximum atomic E-state index is 12.8. The molecule has 1 heterocycles. The van der Waals surface area contributed by atoms with E-state index in [0.717, 1.165) is 5.56 Å². The summed E-state index contributed by atoms with van der Waals surface area (Å²) < 4.78 is 5.19. The first-order valence-corrected chi connectivity index (χ1v) is 10.8. The van der Waals surface area contributed by atoms with Crippen molar-refractivity contribution in [2.24, 2.45) is 0 Å². The van der Waals surface area contributed by atoms with Crippen molar-refractivity contribution in [1.82, 2.24) is 0 Å². The molecule has 2 aromatic carbocycles. The highest BCUT2D eigenvalue weighted by Crippen LogP contribution is 2.36. The summed E-state index contributed by atoms with van der Waals surface area (Å²) in [6.45, 7) is 1.89. The van der Waals surface area contributed by atoms with Gasteiger partial charge in [-0.15, -0.1) is 11.3 Å². The Hall–Kier alpha value is -3.11. The highest BCUT2D eigenvalue weighted by molar-refractivity contribution is 7.15. The van der Waals surface area contributed by atoms with Crippen molar-refractivity contribution in [2.75, 3.05) is 11.9 Å². The molecule has 0 radical (unpaired) electrons. The Morgan fingerprint density at radius 2 is 1.94 bits per heavy atom. The molecule has 0 aliphatic rings. The van der Waals surface area contributed by atoms with Crippen LogP contribution in [0.3, 0.4) is 0 Å². The summed E-state index contributed by atoms with van der Waals surface area (Å²) in [5, 5.41) is 15.0. The van der Waals surface area contributed by atoms with Crippen LogP contribution in [0.2, 0.25) is 10.0 Å². The molecular formula is C23H16Cl2N2O3S. The Bertz CT molecular complexity index is 1200. The van der Waals surface area contributed by atoms with Gasteiger partial charge in [0, 0.05) is 21.0 Å². The number of ether oxygens (including phenoxy) is 1. The van der Waals surface area contributed by atoms with Crippen LogP contribution in [0.25, 0.3) is 17.2 Å². The number of hydrogen-bond acceptors (Lipinski definition) is 5. The van der Waals surface area contributed by atoms with Crippen LogP contribution >= 0.6 is 34.5 Å². The summed E-state index contributed by atoms with van der Waals surface area (Å²) in [7, 11) is 0. The van der Waals surface area contributed by atoms with E-state index < -0.39 is 11.9 Å². The van der Waals surface area contributed by atoms with Crippen LogP contribution in [0.4, 0.5) is 5.00 Å². The molecule has 0 aliphatic carbocycles. The molecule has 0 saturated heterocycles. The summed E-state index contributed by atoms with van der Waals surface area (Å²) in [6.07, 6.45) is 1.36. The first-order valence-electron chi connectivity index (χ1n) is 9.16. The molecule has 0 spiro atoms. The molecule has 0 atom stereocenters. The van der Waals surface area contributed by atoms with E-state index in [0.29, 0.717) is 26.2 Å². The second-order valence-electron chi connectivity index (χ2n) is 6.23. The predicted octanol–water partition coefficient (Wildman–Crippen LogP) is 6.44. The van der Waals surface area contributed by atoms with Gasteiger partial charge in [-0.25, -0.2) is 4.79 Å². The van der Waals surface area contributed by atoms with E-state index in [9.17, 15) is 14.9 Å². The number of carbonyl (C=O) groups is 2. The summed E-state index contributed by atoms with van der Waals surface area (Å²) >= 11 is 13.2. The number of nitrogens with one attached hydrogen (secondary N) is 1. The zero-order valence-electron chi connectivity index (χ0n) is 16.3. The van der Waals surface area contributed by atoms with E-state index in [1.165, 1.54) is 23.5 Å². The van der Waals surface area contributed by atoms with Crippen LogP contribution in [-0.2, 0) is 9.53 Å². The van der Waals surface area contributed by atoms with E-state index in [2.05, 4.69) is 5.32 Å². The lowest BCUT2D eigenvalue weighted by molar-refractivity contribution is -0.112. The average Bonchev–Trinajstić information content (AvgIpc) is 3.17. The number of rotatable bonds is 6. The SMILES string of the molecule is CCOC(=O)c1c(-c2ccccc2)csc1NC(=O)/C(C#N)=C/c1ccc(Cl)cc1Cl. The molecule has 3 rings (SSSR count). The third-order valence-electron chi connectivity index (χ3n) is 4.21. The number of nitrogens with zero attached hydrogens (tertiary/aromatic N) is 1. The maximum absolute atomic E-state index is 12.8. The van der Waals surface area contributed by atoms with Gasteiger partial charge in [-0.2, -0.15) is 5.26 Å². The molecule has 0 aliphatic heterocycles. The number of thiophene rings is 1. The van der Waals surface area contributed by atoms with E-state index in [1.54, 1.807) is 24.4 Å². The van der Waals surface area contributed by atoms with Crippen molar-refractivity contribution >= 4 is 57.5 Å². The van der Waals surface area contributed by atoms with E-state index in [1.807, 2.05) is 36.4 Å². The van der Waals surface area contributed by atoms with Gasteiger partial charge in [0.2, 0.25) is 0 Å². The van der Waals surface area contributed by atoms with Crippen LogP contribution in [-0.4, -0.2) is 18.5 Å². The Kier molecular flexibility index (Phi) is 7.48. The monoisotopic (exact) mass is 470 g/mol. The number of halogens is 2. The number of anilines is 1. The number of amides is 1. The maximum Gasteiger partial charge on any atom is 0.341 e. The predicted molar refractivity (Wildman–Crippen MR) is 124 cm³/mol.